The molecule has 2 heterocycles. The monoisotopic (exact) mass is 405 g/mol. The third-order valence-electron chi connectivity index (χ3n) is 3.41. The molecule has 0 fully saturated rings. The van der Waals surface area contributed by atoms with Gasteiger partial charge >= 0.3 is 5.69 Å². The molecule has 2 aromatic heterocycles. The van der Waals surface area contributed by atoms with E-state index in [-0.39, 0.29) is 23.6 Å². The number of ether oxygens (including phenoxy) is 2. The minimum absolute atomic E-state index is 0.0728. The molecule has 0 N–H and O–H groups in total. The molecule has 3 rings (SSSR count). The second-order valence-corrected chi connectivity index (χ2v) is 5.96. The third kappa shape index (κ3) is 3.61. The Morgan fingerprint density at radius 3 is 2.80 bits per heavy atom. The average Bonchev–Trinajstić information content (AvgIpc) is 2.60. The van der Waals surface area contributed by atoms with Crippen LogP contribution in [0.25, 0.3) is 5.65 Å². The van der Waals surface area contributed by atoms with Crippen LogP contribution in [0.4, 0.5) is 5.69 Å². The minimum Gasteiger partial charge on any atom is -0.496 e. The maximum Gasteiger partial charge on any atom is 0.314 e. The fourth-order valence-corrected chi connectivity index (χ4v) is 2.58. The van der Waals surface area contributed by atoms with Crippen LogP contribution in [0.5, 0.6) is 11.5 Å². The number of hydrogen-bond acceptors (Lipinski definition) is 6. The van der Waals surface area contributed by atoms with Gasteiger partial charge in [-0.2, -0.15) is 0 Å². The van der Waals surface area contributed by atoms with Gasteiger partial charge in [0.05, 0.1) is 23.8 Å². The molecule has 3 aromatic rings. The molecule has 0 radical (unpaired) electrons. The van der Waals surface area contributed by atoms with Crippen molar-refractivity contribution >= 4 is 27.3 Å². The summed E-state index contributed by atoms with van der Waals surface area (Å²) >= 11 is 3.29. The van der Waals surface area contributed by atoms with Crippen molar-refractivity contribution in [2.45, 2.75) is 6.61 Å². The van der Waals surface area contributed by atoms with Crippen molar-refractivity contribution in [1.29, 1.82) is 0 Å². The van der Waals surface area contributed by atoms with Gasteiger partial charge in [-0.1, -0.05) is 0 Å². The van der Waals surface area contributed by atoms with Crippen molar-refractivity contribution in [3.8, 4) is 11.5 Å². The number of halogens is 1. The van der Waals surface area contributed by atoms with Crippen LogP contribution in [0, 0.1) is 10.1 Å². The first-order chi connectivity index (χ1) is 12.0. The molecule has 0 aliphatic heterocycles. The predicted octanol–water partition coefficient (Wildman–Crippen LogP) is 2.95. The van der Waals surface area contributed by atoms with Gasteiger partial charge in [0, 0.05) is 16.7 Å². The second kappa shape index (κ2) is 6.89. The van der Waals surface area contributed by atoms with Gasteiger partial charge in [-0.15, -0.1) is 0 Å². The zero-order valence-corrected chi connectivity index (χ0v) is 14.6. The molecule has 0 atom stereocenters. The summed E-state index contributed by atoms with van der Waals surface area (Å²) in [7, 11) is 1.42. The molecule has 0 aliphatic carbocycles. The van der Waals surface area contributed by atoms with Gasteiger partial charge in [0.15, 0.2) is 5.75 Å². The highest BCUT2D eigenvalue weighted by atomic mass is 79.9. The molecule has 0 unspecified atom stereocenters. The largest absolute Gasteiger partial charge is 0.496 e. The van der Waals surface area contributed by atoms with Crippen molar-refractivity contribution in [2.75, 3.05) is 7.11 Å². The lowest BCUT2D eigenvalue weighted by molar-refractivity contribution is -0.386. The molecule has 0 aliphatic rings. The summed E-state index contributed by atoms with van der Waals surface area (Å²) < 4.78 is 12.6. The molecule has 0 spiro atoms. The van der Waals surface area contributed by atoms with Crippen molar-refractivity contribution in [3.63, 3.8) is 0 Å². The number of pyridine rings is 1. The molecule has 1 aromatic carbocycles. The topological polar surface area (TPSA) is 96.0 Å². The first-order valence-corrected chi connectivity index (χ1v) is 7.90. The Balaban J connectivity index is 1.89. The lowest BCUT2D eigenvalue weighted by atomic mass is 10.3. The van der Waals surface area contributed by atoms with E-state index in [0.717, 1.165) is 4.47 Å². The van der Waals surface area contributed by atoms with Crippen molar-refractivity contribution in [3.05, 3.63) is 73.2 Å². The zero-order chi connectivity index (χ0) is 18.0. The molecule has 0 amide bonds. The van der Waals surface area contributed by atoms with E-state index in [1.807, 2.05) is 0 Å². The second-order valence-electron chi connectivity index (χ2n) is 5.04. The molecule has 9 heteroatoms. The summed E-state index contributed by atoms with van der Waals surface area (Å²) in [5.41, 5.74) is 0.339. The highest BCUT2D eigenvalue weighted by molar-refractivity contribution is 9.10. The molecule has 128 valence electrons. The van der Waals surface area contributed by atoms with Crippen LogP contribution in [0.2, 0.25) is 0 Å². The quantitative estimate of drug-likeness (QED) is 0.478. The lowest BCUT2D eigenvalue weighted by Crippen LogP contribution is -2.16. The molecular formula is C16H12BrN3O5. The van der Waals surface area contributed by atoms with Crippen LogP contribution in [0.1, 0.15) is 5.69 Å². The SMILES string of the molecule is COc1ccc(OCc2cc(=O)n3cc(Br)ccc3n2)c([N+](=O)[O-])c1. The van der Waals surface area contributed by atoms with Crippen LogP contribution in [0.15, 0.2) is 51.9 Å². The van der Waals surface area contributed by atoms with Gasteiger partial charge in [0.1, 0.15) is 18.0 Å². The molecule has 0 saturated carbocycles. The van der Waals surface area contributed by atoms with Crippen LogP contribution >= 0.6 is 15.9 Å². The number of rotatable bonds is 5. The molecule has 0 saturated heterocycles. The van der Waals surface area contributed by atoms with Crippen LogP contribution in [-0.4, -0.2) is 21.4 Å². The summed E-state index contributed by atoms with van der Waals surface area (Å²) in [5.74, 6) is 0.426. The molecule has 0 bridgehead atoms. The number of benzene rings is 1. The zero-order valence-electron chi connectivity index (χ0n) is 13.0. The maximum absolute atomic E-state index is 12.1. The van der Waals surface area contributed by atoms with Crippen LogP contribution in [0.3, 0.4) is 0 Å². The van der Waals surface area contributed by atoms with Crippen molar-refractivity contribution in [1.82, 2.24) is 9.38 Å². The van der Waals surface area contributed by atoms with Crippen LogP contribution in [-0.2, 0) is 6.61 Å². The fraction of sp³-hybridized carbons (Fsp3) is 0.125. The standard InChI is InChI=1S/C16H12BrN3O5/c1-24-12-3-4-14(13(7-12)20(22)23)25-9-11-6-16(21)19-8-10(17)2-5-15(19)18-11/h2-8H,9H2,1H3. The highest BCUT2D eigenvalue weighted by Crippen LogP contribution is 2.31. The smallest absolute Gasteiger partial charge is 0.314 e. The number of nitro benzene ring substituents is 1. The number of fused-ring (bicyclic) bond motifs is 1. The summed E-state index contributed by atoms with van der Waals surface area (Å²) in [6.45, 7) is -0.0744. The van der Waals surface area contributed by atoms with E-state index in [1.54, 1.807) is 24.4 Å². The lowest BCUT2D eigenvalue weighted by Gasteiger charge is -2.08. The Labute approximate surface area is 149 Å². The fourth-order valence-electron chi connectivity index (χ4n) is 2.24. The predicted molar refractivity (Wildman–Crippen MR) is 93.1 cm³/mol. The van der Waals surface area contributed by atoms with Crippen molar-refractivity contribution in [2.24, 2.45) is 0 Å². The van der Waals surface area contributed by atoms with Gasteiger partial charge in [0.25, 0.3) is 5.56 Å². The first-order valence-electron chi connectivity index (χ1n) is 7.11. The number of aromatic nitrogens is 2. The van der Waals surface area contributed by atoms with Crippen molar-refractivity contribution < 1.29 is 14.4 Å². The van der Waals surface area contributed by atoms with E-state index in [0.29, 0.717) is 17.1 Å². The Kier molecular flexibility index (Phi) is 4.66. The third-order valence-corrected chi connectivity index (χ3v) is 3.88. The Hall–Kier alpha value is -2.94. The maximum atomic E-state index is 12.1. The van der Waals surface area contributed by atoms with Gasteiger partial charge in [-0.25, -0.2) is 4.98 Å². The van der Waals surface area contributed by atoms with E-state index < -0.39 is 4.92 Å². The van der Waals surface area contributed by atoms with Gasteiger partial charge in [0.2, 0.25) is 0 Å². The van der Waals surface area contributed by atoms with Gasteiger partial charge in [-0.05, 0) is 40.2 Å². The minimum atomic E-state index is -0.557. The van der Waals surface area contributed by atoms with E-state index >= 15 is 0 Å². The summed E-state index contributed by atoms with van der Waals surface area (Å²) in [4.78, 5) is 27.1. The molecular weight excluding hydrogens is 394 g/mol. The Bertz CT molecular complexity index is 1020. The normalized spacial score (nSPS) is 10.6. The number of methoxy groups -OCH3 is 1. The van der Waals surface area contributed by atoms with Crippen LogP contribution < -0.4 is 15.0 Å². The highest BCUT2D eigenvalue weighted by Gasteiger charge is 2.17. The van der Waals surface area contributed by atoms with Gasteiger partial charge < -0.3 is 9.47 Å². The summed E-state index contributed by atoms with van der Waals surface area (Å²) in [6.07, 6.45) is 1.61. The first kappa shape index (κ1) is 16.9. The van der Waals surface area contributed by atoms with Gasteiger partial charge in [-0.3, -0.25) is 19.3 Å². The summed E-state index contributed by atoms with van der Waals surface area (Å²) in [6, 6.07) is 9.06. The van der Waals surface area contributed by atoms with E-state index in [9.17, 15) is 14.9 Å². The number of nitro groups is 1. The van der Waals surface area contributed by atoms with E-state index in [2.05, 4.69) is 20.9 Å². The van der Waals surface area contributed by atoms with E-state index in [1.165, 1.54) is 29.7 Å². The Morgan fingerprint density at radius 1 is 1.28 bits per heavy atom. The summed E-state index contributed by atoms with van der Waals surface area (Å²) in [5, 5.41) is 11.2. The Morgan fingerprint density at radius 2 is 2.08 bits per heavy atom. The van der Waals surface area contributed by atoms with E-state index in [4.69, 9.17) is 9.47 Å². The molecule has 25 heavy (non-hydrogen) atoms. The average molecular weight is 406 g/mol. The number of nitrogens with zero attached hydrogens (tertiary/aromatic N) is 3. The molecule has 8 nitrogen and oxygen atoms in total. The number of hydrogen-bond donors (Lipinski definition) is 0.